The van der Waals surface area contributed by atoms with E-state index in [2.05, 4.69) is 26.2 Å². The minimum Gasteiger partial charge on any atom is -0.325 e. The smallest absolute Gasteiger partial charge is 0.238 e. The number of thioether (sulfide) groups is 1. The van der Waals surface area contributed by atoms with Crippen molar-refractivity contribution < 1.29 is 14.0 Å². The molecule has 0 aliphatic carbocycles. The predicted octanol–water partition coefficient (Wildman–Crippen LogP) is 4.18. The molecule has 3 rings (SSSR count). The number of benzene rings is 2. The summed E-state index contributed by atoms with van der Waals surface area (Å²) in [7, 11) is 1.61. The number of nitrogens with one attached hydrogen (secondary N) is 1. The van der Waals surface area contributed by atoms with Gasteiger partial charge in [-0.2, -0.15) is 0 Å². The highest BCUT2D eigenvalue weighted by atomic mass is 79.9. The first-order valence-electron chi connectivity index (χ1n) is 7.76. The molecule has 26 heavy (non-hydrogen) atoms. The van der Waals surface area contributed by atoms with Crippen LogP contribution in [0.3, 0.4) is 0 Å². The molecule has 1 saturated heterocycles. The number of amidine groups is 1. The van der Waals surface area contributed by atoms with Gasteiger partial charge in [-0.05, 0) is 48.5 Å². The normalized spacial score (nSPS) is 18.9. The van der Waals surface area contributed by atoms with E-state index >= 15 is 0 Å². The first-order valence-corrected chi connectivity index (χ1v) is 9.43. The first kappa shape index (κ1) is 18.6. The van der Waals surface area contributed by atoms with E-state index in [1.165, 1.54) is 40.9 Å². The SMILES string of the molecule is CN1C(=O)CC(C(=O)Nc2ccc(Br)cc2)SC1=Nc1ccc(F)cc1. The summed E-state index contributed by atoms with van der Waals surface area (Å²) in [6.45, 7) is 0. The number of amides is 2. The van der Waals surface area contributed by atoms with Crippen molar-refractivity contribution in [2.24, 2.45) is 4.99 Å². The number of carbonyl (C=O) groups excluding carboxylic acids is 2. The molecule has 1 N–H and O–H groups in total. The third kappa shape index (κ3) is 4.50. The molecule has 1 aliphatic rings. The highest BCUT2D eigenvalue weighted by Crippen LogP contribution is 2.29. The maximum absolute atomic E-state index is 13.0. The van der Waals surface area contributed by atoms with Crippen molar-refractivity contribution in [3.05, 3.63) is 58.8 Å². The summed E-state index contributed by atoms with van der Waals surface area (Å²) in [4.78, 5) is 30.6. The molecule has 5 nitrogen and oxygen atoms in total. The lowest BCUT2D eigenvalue weighted by molar-refractivity contribution is -0.128. The molecule has 1 unspecified atom stereocenters. The van der Waals surface area contributed by atoms with E-state index in [0.29, 0.717) is 16.5 Å². The van der Waals surface area contributed by atoms with Crippen LogP contribution in [0.5, 0.6) is 0 Å². The largest absolute Gasteiger partial charge is 0.325 e. The van der Waals surface area contributed by atoms with Gasteiger partial charge in [0.2, 0.25) is 11.8 Å². The monoisotopic (exact) mass is 435 g/mol. The Kier molecular flexibility index (Phi) is 5.73. The Bertz CT molecular complexity index is 856. The Morgan fingerprint density at radius 2 is 1.88 bits per heavy atom. The molecular formula is C18H15BrFN3O2S. The van der Waals surface area contributed by atoms with Gasteiger partial charge in [-0.1, -0.05) is 27.7 Å². The number of carbonyl (C=O) groups is 2. The number of rotatable bonds is 3. The van der Waals surface area contributed by atoms with E-state index in [4.69, 9.17) is 0 Å². The second kappa shape index (κ2) is 8.01. The Hall–Kier alpha value is -2.19. The van der Waals surface area contributed by atoms with Gasteiger partial charge in [-0.25, -0.2) is 9.38 Å². The van der Waals surface area contributed by atoms with Crippen molar-refractivity contribution >= 4 is 56.0 Å². The van der Waals surface area contributed by atoms with Gasteiger partial charge < -0.3 is 5.32 Å². The van der Waals surface area contributed by atoms with Crippen LogP contribution in [0, 0.1) is 5.82 Å². The number of hydrogen-bond donors (Lipinski definition) is 1. The second-order valence-corrected chi connectivity index (χ2v) is 7.72. The van der Waals surface area contributed by atoms with Crippen LogP contribution >= 0.6 is 27.7 Å². The predicted molar refractivity (Wildman–Crippen MR) is 105 cm³/mol. The molecular weight excluding hydrogens is 421 g/mol. The molecule has 2 aromatic carbocycles. The van der Waals surface area contributed by atoms with Gasteiger partial charge in [-0.3, -0.25) is 14.5 Å². The van der Waals surface area contributed by atoms with E-state index in [1.807, 2.05) is 12.1 Å². The van der Waals surface area contributed by atoms with E-state index in [-0.39, 0.29) is 24.1 Å². The molecule has 0 aromatic heterocycles. The van der Waals surface area contributed by atoms with E-state index < -0.39 is 5.25 Å². The van der Waals surface area contributed by atoms with Crippen molar-refractivity contribution in [1.29, 1.82) is 0 Å². The lowest BCUT2D eigenvalue weighted by Gasteiger charge is -2.28. The summed E-state index contributed by atoms with van der Waals surface area (Å²) in [5.41, 5.74) is 1.17. The Morgan fingerprint density at radius 3 is 2.54 bits per heavy atom. The molecule has 1 fully saturated rings. The molecule has 1 atom stereocenters. The Morgan fingerprint density at radius 1 is 1.23 bits per heavy atom. The van der Waals surface area contributed by atoms with Gasteiger partial charge in [0.1, 0.15) is 11.1 Å². The van der Waals surface area contributed by atoms with Crippen LogP contribution in [-0.4, -0.2) is 34.2 Å². The maximum Gasteiger partial charge on any atom is 0.238 e. The fraction of sp³-hybridized carbons (Fsp3) is 0.167. The van der Waals surface area contributed by atoms with Crippen LogP contribution in [0.4, 0.5) is 15.8 Å². The highest BCUT2D eigenvalue weighted by Gasteiger charge is 2.34. The maximum atomic E-state index is 13.0. The molecule has 0 saturated carbocycles. The summed E-state index contributed by atoms with van der Waals surface area (Å²) in [6, 6.07) is 12.8. The average molecular weight is 436 g/mol. The number of nitrogens with zero attached hydrogens (tertiary/aromatic N) is 2. The second-order valence-electron chi connectivity index (χ2n) is 5.63. The minimum absolute atomic E-state index is 0.0893. The summed E-state index contributed by atoms with van der Waals surface area (Å²) in [5.74, 6) is -0.812. The van der Waals surface area contributed by atoms with Crippen LogP contribution in [-0.2, 0) is 9.59 Å². The topological polar surface area (TPSA) is 61.8 Å². The summed E-state index contributed by atoms with van der Waals surface area (Å²) in [6.07, 6.45) is 0.0893. The van der Waals surface area contributed by atoms with Crippen LogP contribution in [0.15, 0.2) is 58.0 Å². The van der Waals surface area contributed by atoms with E-state index in [0.717, 1.165) is 4.47 Å². The zero-order valence-corrected chi connectivity index (χ0v) is 16.2. The molecule has 0 radical (unpaired) electrons. The fourth-order valence-corrected chi connectivity index (χ4v) is 3.61. The minimum atomic E-state index is -0.582. The molecule has 8 heteroatoms. The van der Waals surface area contributed by atoms with Crippen molar-refractivity contribution in [2.45, 2.75) is 11.7 Å². The Labute approximate surface area is 162 Å². The standard InChI is InChI=1S/C18H15BrFN3O2S/c1-23-16(24)10-15(17(25)21-13-6-2-11(19)3-7-13)26-18(23)22-14-8-4-12(20)5-9-14/h2-9,15H,10H2,1H3,(H,21,25). The van der Waals surface area contributed by atoms with Gasteiger partial charge >= 0.3 is 0 Å². The number of aliphatic imine (C=N–C) groups is 1. The molecule has 2 aromatic rings. The van der Waals surface area contributed by atoms with Gasteiger partial charge in [-0.15, -0.1) is 0 Å². The molecule has 134 valence electrons. The van der Waals surface area contributed by atoms with Crippen molar-refractivity contribution in [1.82, 2.24) is 4.90 Å². The van der Waals surface area contributed by atoms with Gasteiger partial charge in [0.05, 0.1) is 5.69 Å². The van der Waals surface area contributed by atoms with Crippen molar-refractivity contribution in [2.75, 3.05) is 12.4 Å². The fourth-order valence-electron chi connectivity index (χ4n) is 2.28. The summed E-state index contributed by atoms with van der Waals surface area (Å²) in [5, 5.41) is 2.63. The highest BCUT2D eigenvalue weighted by molar-refractivity contribution is 9.10. The van der Waals surface area contributed by atoms with Crippen LogP contribution in [0.25, 0.3) is 0 Å². The lowest BCUT2D eigenvalue weighted by atomic mass is 10.2. The third-order valence-corrected chi connectivity index (χ3v) is 5.49. The number of anilines is 1. The van der Waals surface area contributed by atoms with E-state index in [9.17, 15) is 14.0 Å². The molecule has 2 amide bonds. The van der Waals surface area contributed by atoms with Crippen molar-refractivity contribution in [3.63, 3.8) is 0 Å². The number of halogens is 2. The van der Waals surface area contributed by atoms with E-state index in [1.54, 1.807) is 19.2 Å². The van der Waals surface area contributed by atoms with Gasteiger partial charge in [0, 0.05) is 23.6 Å². The quantitative estimate of drug-likeness (QED) is 0.786. The molecule has 0 spiro atoms. The zero-order valence-electron chi connectivity index (χ0n) is 13.8. The summed E-state index contributed by atoms with van der Waals surface area (Å²) >= 11 is 4.55. The van der Waals surface area contributed by atoms with Crippen LogP contribution in [0.2, 0.25) is 0 Å². The zero-order chi connectivity index (χ0) is 18.7. The van der Waals surface area contributed by atoms with Crippen molar-refractivity contribution in [3.8, 4) is 0 Å². The Balaban J connectivity index is 1.76. The third-order valence-electron chi connectivity index (χ3n) is 3.72. The lowest BCUT2D eigenvalue weighted by Crippen LogP contribution is -2.43. The average Bonchev–Trinajstić information content (AvgIpc) is 2.62. The first-order chi connectivity index (χ1) is 12.4. The van der Waals surface area contributed by atoms with Crippen LogP contribution in [0.1, 0.15) is 6.42 Å². The molecule has 1 aliphatic heterocycles. The number of hydrogen-bond acceptors (Lipinski definition) is 4. The molecule has 1 heterocycles. The summed E-state index contributed by atoms with van der Waals surface area (Å²) < 4.78 is 13.9. The molecule has 0 bridgehead atoms. The van der Waals surface area contributed by atoms with Crippen LogP contribution < -0.4 is 5.32 Å². The van der Waals surface area contributed by atoms with Gasteiger partial charge in [0.15, 0.2) is 5.17 Å². The van der Waals surface area contributed by atoms with Gasteiger partial charge in [0.25, 0.3) is 0 Å².